The highest BCUT2D eigenvalue weighted by Gasteiger charge is 2.39. The van der Waals surface area contributed by atoms with Gasteiger partial charge in [0.05, 0.1) is 0 Å². The third kappa shape index (κ3) is 3.00. The van der Waals surface area contributed by atoms with Crippen molar-refractivity contribution in [2.24, 2.45) is 17.1 Å². The normalized spacial score (nSPS) is 31.9. The van der Waals surface area contributed by atoms with Gasteiger partial charge in [0.1, 0.15) is 0 Å². The summed E-state index contributed by atoms with van der Waals surface area (Å²) in [5.41, 5.74) is 6.84. The van der Waals surface area contributed by atoms with Crippen LogP contribution in [0.5, 0.6) is 0 Å². The van der Waals surface area contributed by atoms with E-state index in [0.717, 1.165) is 17.4 Å². The van der Waals surface area contributed by atoms with Crippen LogP contribution in [0.25, 0.3) is 0 Å². The van der Waals surface area contributed by atoms with E-state index in [-0.39, 0.29) is 0 Å². The van der Waals surface area contributed by atoms with Crippen LogP contribution < -0.4 is 5.73 Å². The highest BCUT2D eigenvalue weighted by atomic mass is 15.2. The van der Waals surface area contributed by atoms with E-state index < -0.39 is 0 Å². The maximum atomic E-state index is 6.05. The van der Waals surface area contributed by atoms with E-state index in [9.17, 15) is 0 Å². The molecule has 3 fully saturated rings. The highest BCUT2D eigenvalue weighted by molar-refractivity contribution is 4.93. The second-order valence-electron chi connectivity index (χ2n) is 7.67. The zero-order chi connectivity index (χ0) is 13.3. The molecule has 3 rings (SSSR count). The summed E-state index contributed by atoms with van der Waals surface area (Å²) in [5.74, 6) is 0.779. The molecular formula is C17H32N2. The van der Waals surface area contributed by atoms with Gasteiger partial charge in [-0.25, -0.2) is 0 Å². The fraction of sp³-hybridized carbons (Fsp3) is 1.00. The molecule has 110 valence electrons. The lowest BCUT2D eigenvalue weighted by molar-refractivity contribution is 0.0623. The van der Waals surface area contributed by atoms with Crippen LogP contribution in [0.3, 0.4) is 0 Å². The lowest BCUT2D eigenvalue weighted by Crippen LogP contribution is -2.46. The van der Waals surface area contributed by atoms with Crippen LogP contribution in [-0.4, -0.2) is 30.1 Å². The van der Waals surface area contributed by atoms with Gasteiger partial charge in [-0.05, 0) is 82.7 Å². The summed E-state index contributed by atoms with van der Waals surface area (Å²) in [5, 5.41) is 0. The van der Waals surface area contributed by atoms with E-state index in [1.54, 1.807) is 0 Å². The first-order valence-electron chi connectivity index (χ1n) is 8.68. The van der Waals surface area contributed by atoms with Gasteiger partial charge in [-0.3, -0.25) is 0 Å². The van der Waals surface area contributed by atoms with Gasteiger partial charge in [-0.1, -0.05) is 12.8 Å². The van der Waals surface area contributed by atoms with Crippen molar-refractivity contribution >= 4 is 0 Å². The molecule has 1 unspecified atom stereocenters. The molecule has 2 N–H and O–H groups in total. The summed E-state index contributed by atoms with van der Waals surface area (Å²) in [4.78, 5) is 2.79. The first-order valence-corrected chi connectivity index (χ1v) is 8.68. The minimum Gasteiger partial charge on any atom is -0.328 e. The van der Waals surface area contributed by atoms with Crippen molar-refractivity contribution in [3.63, 3.8) is 0 Å². The van der Waals surface area contributed by atoms with E-state index in [4.69, 9.17) is 5.73 Å². The summed E-state index contributed by atoms with van der Waals surface area (Å²) in [6, 6.07) is 1.30. The van der Waals surface area contributed by atoms with Crippen LogP contribution in [-0.2, 0) is 0 Å². The second kappa shape index (κ2) is 5.73. The SMILES string of the molecule is CC(N)C1CCN(C2CCC3(CCCC3)CC2)CC1. The highest BCUT2D eigenvalue weighted by Crippen LogP contribution is 2.49. The van der Waals surface area contributed by atoms with E-state index in [1.807, 2.05) is 0 Å². The van der Waals surface area contributed by atoms with Gasteiger partial charge in [0.15, 0.2) is 0 Å². The van der Waals surface area contributed by atoms with Gasteiger partial charge in [-0.2, -0.15) is 0 Å². The Labute approximate surface area is 119 Å². The molecule has 2 nitrogen and oxygen atoms in total. The van der Waals surface area contributed by atoms with Crippen molar-refractivity contribution in [3.05, 3.63) is 0 Å². The van der Waals surface area contributed by atoms with E-state index in [2.05, 4.69) is 11.8 Å². The molecule has 1 spiro atoms. The molecule has 2 aliphatic carbocycles. The number of hydrogen-bond donors (Lipinski definition) is 1. The van der Waals surface area contributed by atoms with Gasteiger partial charge >= 0.3 is 0 Å². The molecule has 0 radical (unpaired) electrons. The number of hydrogen-bond acceptors (Lipinski definition) is 2. The molecule has 1 aliphatic heterocycles. The van der Waals surface area contributed by atoms with Crippen molar-refractivity contribution in [2.75, 3.05) is 13.1 Å². The molecule has 1 atom stereocenters. The molecule has 0 aromatic heterocycles. The number of likely N-dealkylation sites (tertiary alicyclic amines) is 1. The molecule has 0 aromatic rings. The van der Waals surface area contributed by atoms with E-state index >= 15 is 0 Å². The van der Waals surface area contributed by atoms with Crippen LogP contribution in [0.2, 0.25) is 0 Å². The molecule has 2 saturated carbocycles. The van der Waals surface area contributed by atoms with Crippen LogP contribution in [0, 0.1) is 11.3 Å². The van der Waals surface area contributed by atoms with Gasteiger partial charge < -0.3 is 10.6 Å². The number of nitrogens with two attached hydrogens (primary N) is 1. The average Bonchev–Trinajstić information content (AvgIpc) is 2.88. The zero-order valence-corrected chi connectivity index (χ0v) is 12.7. The van der Waals surface area contributed by atoms with Crippen LogP contribution in [0.1, 0.15) is 71.1 Å². The number of piperidine rings is 1. The van der Waals surface area contributed by atoms with Crippen molar-refractivity contribution in [1.82, 2.24) is 4.90 Å². The van der Waals surface area contributed by atoms with Crippen LogP contribution in [0.15, 0.2) is 0 Å². The van der Waals surface area contributed by atoms with Crippen LogP contribution in [0.4, 0.5) is 0 Å². The third-order valence-electron chi connectivity index (χ3n) is 6.51. The third-order valence-corrected chi connectivity index (χ3v) is 6.51. The Bertz CT molecular complexity index is 276. The summed E-state index contributed by atoms with van der Waals surface area (Å²) in [6.45, 7) is 4.80. The van der Waals surface area contributed by atoms with Gasteiger partial charge in [-0.15, -0.1) is 0 Å². The van der Waals surface area contributed by atoms with Crippen molar-refractivity contribution in [1.29, 1.82) is 0 Å². The summed E-state index contributed by atoms with van der Waals surface area (Å²) >= 11 is 0. The molecular weight excluding hydrogens is 232 g/mol. The molecule has 2 heteroatoms. The molecule has 0 aromatic carbocycles. The monoisotopic (exact) mass is 264 g/mol. The lowest BCUT2D eigenvalue weighted by Gasteiger charge is -2.44. The summed E-state index contributed by atoms with van der Waals surface area (Å²) in [7, 11) is 0. The number of rotatable bonds is 2. The fourth-order valence-electron chi connectivity index (χ4n) is 5.02. The predicted molar refractivity (Wildman–Crippen MR) is 81.1 cm³/mol. The minimum absolute atomic E-state index is 0.398. The topological polar surface area (TPSA) is 29.3 Å². The first-order chi connectivity index (χ1) is 9.19. The molecule has 1 heterocycles. The van der Waals surface area contributed by atoms with Crippen molar-refractivity contribution in [3.8, 4) is 0 Å². The molecule has 3 aliphatic rings. The second-order valence-corrected chi connectivity index (χ2v) is 7.67. The maximum Gasteiger partial charge on any atom is 0.00956 e. The molecule has 0 amide bonds. The maximum absolute atomic E-state index is 6.05. The van der Waals surface area contributed by atoms with Gasteiger partial charge in [0.2, 0.25) is 0 Å². The fourth-order valence-corrected chi connectivity index (χ4v) is 5.02. The Kier molecular flexibility index (Phi) is 4.19. The Morgan fingerprint density at radius 1 is 0.947 bits per heavy atom. The molecule has 19 heavy (non-hydrogen) atoms. The Morgan fingerprint density at radius 2 is 1.53 bits per heavy atom. The van der Waals surface area contributed by atoms with Crippen LogP contribution >= 0.6 is 0 Å². The quantitative estimate of drug-likeness (QED) is 0.826. The Hall–Kier alpha value is -0.0800. The standard InChI is InChI=1S/C17H32N2/c1-14(18)15-6-12-19(13-7-15)16-4-10-17(11-5-16)8-2-3-9-17/h14-16H,2-13,18H2,1H3. The average molecular weight is 264 g/mol. The molecule has 0 bridgehead atoms. The molecule has 1 saturated heterocycles. The largest absolute Gasteiger partial charge is 0.328 e. The van der Waals surface area contributed by atoms with E-state index in [0.29, 0.717) is 6.04 Å². The summed E-state index contributed by atoms with van der Waals surface area (Å²) in [6.07, 6.45) is 14.7. The lowest BCUT2D eigenvalue weighted by atomic mass is 9.71. The predicted octanol–water partition coefficient (Wildman–Crippen LogP) is 3.55. The minimum atomic E-state index is 0.398. The Morgan fingerprint density at radius 3 is 2.05 bits per heavy atom. The smallest absolute Gasteiger partial charge is 0.00956 e. The Balaban J connectivity index is 1.47. The summed E-state index contributed by atoms with van der Waals surface area (Å²) < 4.78 is 0. The first kappa shape index (κ1) is 13.9. The van der Waals surface area contributed by atoms with Gasteiger partial charge in [0, 0.05) is 12.1 Å². The van der Waals surface area contributed by atoms with Gasteiger partial charge in [0.25, 0.3) is 0 Å². The zero-order valence-electron chi connectivity index (χ0n) is 12.7. The van der Waals surface area contributed by atoms with Crippen molar-refractivity contribution < 1.29 is 0 Å². The number of nitrogens with zero attached hydrogens (tertiary/aromatic N) is 1. The van der Waals surface area contributed by atoms with E-state index in [1.165, 1.54) is 77.3 Å². The van der Waals surface area contributed by atoms with Crippen molar-refractivity contribution in [2.45, 2.75) is 83.2 Å².